The molecule has 0 aliphatic heterocycles. The maximum Gasteiger partial charge on any atom is 0.191 e. The molecule has 0 saturated carbocycles. The molecule has 0 aliphatic rings. The molecule has 0 radical (unpaired) electrons. The zero-order chi connectivity index (χ0) is 20.5. The Bertz CT molecular complexity index is 920. The quantitative estimate of drug-likeness (QED) is 0.259. The number of imidazole rings is 1. The van der Waals surface area contributed by atoms with Gasteiger partial charge < -0.3 is 15.2 Å². The van der Waals surface area contributed by atoms with Crippen molar-refractivity contribution in [2.75, 3.05) is 13.1 Å². The van der Waals surface area contributed by atoms with Crippen molar-refractivity contribution in [2.45, 2.75) is 39.8 Å². The van der Waals surface area contributed by atoms with Gasteiger partial charge in [-0.15, -0.1) is 24.0 Å². The Hall–Kier alpha value is -2.35. The lowest BCUT2D eigenvalue weighted by Gasteiger charge is -2.17. The summed E-state index contributed by atoms with van der Waals surface area (Å²) in [4.78, 5) is 9.25. The van der Waals surface area contributed by atoms with Crippen LogP contribution in [-0.4, -0.2) is 28.6 Å². The molecule has 160 valence electrons. The molecule has 5 nitrogen and oxygen atoms in total. The number of hydrogen-bond acceptors (Lipinski definition) is 2. The van der Waals surface area contributed by atoms with Gasteiger partial charge in [0.05, 0.1) is 0 Å². The Balaban J connectivity index is 0.00000320. The monoisotopic (exact) mass is 517 g/mol. The van der Waals surface area contributed by atoms with Crippen molar-refractivity contribution < 1.29 is 0 Å². The molecule has 3 aromatic rings. The first-order chi connectivity index (χ1) is 14.2. The summed E-state index contributed by atoms with van der Waals surface area (Å²) in [6.45, 7) is 9.44. The maximum atomic E-state index is 4.75. The fraction of sp³-hybridized carbons (Fsp3) is 0.333. The highest BCUT2D eigenvalue weighted by atomic mass is 127. The second-order valence-corrected chi connectivity index (χ2v) is 7.35. The van der Waals surface area contributed by atoms with Crippen LogP contribution in [0, 0.1) is 6.92 Å². The van der Waals surface area contributed by atoms with Crippen molar-refractivity contribution >= 4 is 29.9 Å². The Morgan fingerprint density at radius 3 is 2.63 bits per heavy atom. The van der Waals surface area contributed by atoms with Crippen LogP contribution >= 0.6 is 24.0 Å². The van der Waals surface area contributed by atoms with Gasteiger partial charge in [0.2, 0.25) is 0 Å². The summed E-state index contributed by atoms with van der Waals surface area (Å²) in [7, 11) is 0. The van der Waals surface area contributed by atoms with Gasteiger partial charge >= 0.3 is 0 Å². The largest absolute Gasteiger partial charge is 0.357 e. The molecule has 0 fully saturated rings. The van der Waals surface area contributed by atoms with Gasteiger partial charge in [0, 0.05) is 32.0 Å². The van der Waals surface area contributed by atoms with Crippen LogP contribution in [0.3, 0.4) is 0 Å². The number of rotatable bonds is 8. The Morgan fingerprint density at radius 1 is 1.10 bits per heavy atom. The zero-order valence-corrected chi connectivity index (χ0v) is 20.3. The maximum absolute atomic E-state index is 4.75. The fourth-order valence-electron chi connectivity index (χ4n) is 3.25. The molecule has 1 heterocycles. The number of guanidine groups is 1. The number of hydrogen-bond donors (Lipinski definition) is 2. The smallest absolute Gasteiger partial charge is 0.191 e. The van der Waals surface area contributed by atoms with Gasteiger partial charge in [-0.25, -0.2) is 9.98 Å². The zero-order valence-electron chi connectivity index (χ0n) is 18.0. The average molecular weight is 517 g/mol. The van der Waals surface area contributed by atoms with Crippen molar-refractivity contribution in [1.29, 1.82) is 0 Å². The molecular formula is C24H32IN5. The Labute approximate surface area is 197 Å². The van der Waals surface area contributed by atoms with E-state index in [0.717, 1.165) is 31.4 Å². The minimum Gasteiger partial charge on any atom is -0.357 e. The molecule has 3 rings (SSSR count). The third kappa shape index (κ3) is 7.16. The van der Waals surface area contributed by atoms with E-state index in [2.05, 4.69) is 89.5 Å². The molecule has 2 aromatic carbocycles. The molecule has 0 aliphatic carbocycles. The van der Waals surface area contributed by atoms with Crippen LogP contribution in [0.1, 0.15) is 42.3 Å². The summed E-state index contributed by atoms with van der Waals surface area (Å²) < 4.78 is 2.15. The van der Waals surface area contributed by atoms with E-state index in [9.17, 15) is 0 Å². The third-order valence-corrected chi connectivity index (χ3v) is 4.91. The summed E-state index contributed by atoms with van der Waals surface area (Å²) in [5, 5.41) is 6.81. The SMILES string of the molecule is CCNC(=NCc1nccn1Cc1ccccc1)NCC(C)c1cccc(C)c1.I. The molecule has 0 amide bonds. The van der Waals surface area contributed by atoms with E-state index in [1.54, 1.807) is 0 Å². The van der Waals surface area contributed by atoms with Crippen LogP contribution in [-0.2, 0) is 13.1 Å². The van der Waals surface area contributed by atoms with Gasteiger partial charge in [-0.1, -0.05) is 67.1 Å². The highest BCUT2D eigenvalue weighted by molar-refractivity contribution is 14.0. The first-order valence-corrected chi connectivity index (χ1v) is 10.3. The van der Waals surface area contributed by atoms with Gasteiger partial charge in [-0.3, -0.25) is 0 Å². The van der Waals surface area contributed by atoms with Crippen LogP contribution < -0.4 is 10.6 Å². The molecule has 0 bridgehead atoms. The molecule has 6 heteroatoms. The standard InChI is InChI=1S/C24H31N5.HI/c1-4-25-24(27-16-20(3)22-12-8-9-19(2)15-22)28-17-23-26-13-14-29(23)18-21-10-6-5-7-11-21;/h5-15,20H,4,16-18H2,1-3H3,(H2,25,27,28);1H. The number of nitrogens with zero attached hydrogens (tertiary/aromatic N) is 3. The van der Waals surface area contributed by atoms with Crippen LogP contribution in [0.2, 0.25) is 0 Å². The summed E-state index contributed by atoms with van der Waals surface area (Å²) in [5.74, 6) is 2.18. The highest BCUT2D eigenvalue weighted by Crippen LogP contribution is 2.15. The molecule has 2 N–H and O–H groups in total. The summed E-state index contributed by atoms with van der Waals surface area (Å²) in [6.07, 6.45) is 3.85. The summed E-state index contributed by atoms with van der Waals surface area (Å²) in [6, 6.07) is 19.1. The van der Waals surface area contributed by atoms with E-state index in [0.29, 0.717) is 12.5 Å². The molecular weight excluding hydrogens is 485 g/mol. The predicted octanol–water partition coefficient (Wildman–Crippen LogP) is 4.72. The van der Waals surface area contributed by atoms with E-state index in [-0.39, 0.29) is 24.0 Å². The molecule has 1 aromatic heterocycles. The molecule has 1 unspecified atom stereocenters. The second kappa shape index (κ2) is 12.4. The van der Waals surface area contributed by atoms with Crippen LogP contribution in [0.4, 0.5) is 0 Å². The first-order valence-electron chi connectivity index (χ1n) is 10.3. The predicted molar refractivity (Wildman–Crippen MR) is 136 cm³/mol. The van der Waals surface area contributed by atoms with Crippen molar-refractivity contribution in [2.24, 2.45) is 4.99 Å². The molecule has 30 heavy (non-hydrogen) atoms. The van der Waals surface area contributed by atoms with Gasteiger partial charge in [0.15, 0.2) is 5.96 Å². The topological polar surface area (TPSA) is 54.2 Å². The molecule has 0 saturated heterocycles. The number of aromatic nitrogens is 2. The number of nitrogens with one attached hydrogen (secondary N) is 2. The number of aryl methyl sites for hydroxylation is 1. The van der Waals surface area contributed by atoms with Crippen LogP contribution in [0.25, 0.3) is 0 Å². The minimum atomic E-state index is 0. The van der Waals surface area contributed by atoms with Gasteiger partial charge in [0.1, 0.15) is 12.4 Å². The van der Waals surface area contributed by atoms with Gasteiger partial charge in [-0.2, -0.15) is 0 Å². The van der Waals surface area contributed by atoms with E-state index >= 15 is 0 Å². The summed E-state index contributed by atoms with van der Waals surface area (Å²) >= 11 is 0. The van der Waals surface area contributed by atoms with Crippen LogP contribution in [0.5, 0.6) is 0 Å². The fourth-order valence-corrected chi connectivity index (χ4v) is 3.25. The lowest BCUT2D eigenvalue weighted by atomic mass is 9.99. The average Bonchev–Trinajstić information content (AvgIpc) is 3.17. The van der Waals surface area contributed by atoms with Crippen molar-refractivity contribution in [3.05, 3.63) is 89.5 Å². The Kier molecular flexibility index (Phi) is 9.86. The third-order valence-electron chi connectivity index (χ3n) is 4.91. The van der Waals surface area contributed by atoms with Crippen molar-refractivity contribution in [3.8, 4) is 0 Å². The number of benzene rings is 2. The Morgan fingerprint density at radius 2 is 1.90 bits per heavy atom. The number of halogens is 1. The minimum absolute atomic E-state index is 0. The number of aliphatic imine (C=N–C) groups is 1. The summed E-state index contributed by atoms with van der Waals surface area (Å²) in [5.41, 5.74) is 3.89. The molecule has 1 atom stereocenters. The first kappa shape index (κ1) is 23.9. The lowest BCUT2D eigenvalue weighted by molar-refractivity contribution is 0.689. The van der Waals surface area contributed by atoms with E-state index < -0.39 is 0 Å². The van der Waals surface area contributed by atoms with E-state index in [4.69, 9.17) is 4.99 Å². The van der Waals surface area contributed by atoms with Crippen LogP contribution in [0.15, 0.2) is 72.0 Å². The lowest BCUT2D eigenvalue weighted by Crippen LogP contribution is -2.39. The second-order valence-electron chi connectivity index (χ2n) is 7.35. The van der Waals surface area contributed by atoms with Gasteiger partial charge in [0.25, 0.3) is 0 Å². The highest BCUT2D eigenvalue weighted by Gasteiger charge is 2.08. The van der Waals surface area contributed by atoms with E-state index in [1.807, 2.05) is 18.5 Å². The van der Waals surface area contributed by atoms with Crippen molar-refractivity contribution in [3.63, 3.8) is 0 Å². The van der Waals surface area contributed by atoms with Crippen molar-refractivity contribution in [1.82, 2.24) is 20.2 Å². The molecule has 0 spiro atoms. The normalized spacial score (nSPS) is 12.2. The van der Waals surface area contributed by atoms with E-state index in [1.165, 1.54) is 16.7 Å². The van der Waals surface area contributed by atoms with Gasteiger partial charge in [-0.05, 0) is 30.9 Å².